The Hall–Kier alpha value is -2.95. The number of nitrogens with zero attached hydrogens (tertiary/aromatic N) is 3. The van der Waals surface area contributed by atoms with E-state index in [1.54, 1.807) is 23.3 Å². The molecule has 4 rings (SSSR count). The van der Waals surface area contributed by atoms with Crippen LogP contribution in [-0.4, -0.2) is 20.7 Å². The Kier molecular flexibility index (Phi) is 3.61. The number of carbonyl (C=O) groups is 1. The van der Waals surface area contributed by atoms with Crippen molar-refractivity contribution in [1.82, 2.24) is 20.1 Å². The molecule has 1 aliphatic rings. The van der Waals surface area contributed by atoms with Crippen molar-refractivity contribution < 1.29 is 4.79 Å². The first-order valence-corrected chi connectivity index (χ1v) is 8.03. The Morgan fingerprint density at radius 2 is 2.08 bits per heavy atom. The summed E-state index contributed by atoms with van der Waals surface area (Å²) in [6.07, 6.45) is 8.99. The fourth-order valence-corrected chi connectivity index (χ4v) is 3.24. The van der Waals surface area contributed by atoms with E-state index in [0.717, 1.165) is 24.0 Å². The van der Waals surface area contributed by atoms with Gasteiger partial charge in [0.2, 0.25) is 0 Å². The van der Waals surface area contributed by atoms with Crippen LogP contribution in [0.4, 0.5) is 0 Å². The summed E-state index contributed by atoms with van der Waals surface area (Å²) < 4.78 is 1.73. The van der Waals surface area contributed by atoms with Gasteiger partial charge in [-0.15, -0.1) is 0 Å². The smallest absolute Gasteiger partial charge is 0.253 e. The van der Waals surface area contributed by atoms with Gasteiger partial charge < -0.3 is 5.32 Å². The first-order valence-electron chi connectivity index (χ1n) is 8.03. The van der Waals surface area contributed by atoms with Gasteiger partial charge in [0.25, 0.3) is 5.91 Å². The summed E-state index contributed by atoms with van der Waals surface area (Å²) in [5, 5.41) is 7.30. The van der Waals surface area contributed by atoms with Crippen LogP contribution in [-0.2, 0) is 13.5 Å². The van der Waals surface area contributed by atoms with Gasteiger partial charge in [0.15, 0.2) is 0 Å². The maximum atomic E-state index is 12.6. The van der Waals surface area contributed by atoms with Gasteiger partial charge >= 0.3 is 0 Å². The number of pyridine rings is 1. The summed E-state index contributed by atoms with van der Waals surface area (Å²) in [6.45, 7) is 0. The molecule has 0 radical (unpaired) electrons. The van der Waals surface area contributed by atoms with Crippen molar-refractivity contribution in [3.05, 3.63) is 71.8 Å². The molecule has 0 saturated carbocycles. The Labute approximate surface area is 140 Å². The maximum absolute atomic E-state index is 12.6. The van der Waals surface area contributed by atoms with Crippen LogP contribution in [0, 0.1) is 0 Å². The lowest BCUT2D eigenvalue weighted by Gasteiger charge is -2.14. The maximum Gasteiger partial charge on any atom is 0.253 e. The van der Waals surface area contributed by atoms with E-state index in [-0.39, 0.29) is 11.9 Å². The number of rotatable bonds is 3. The molecule has 0 spiro atoms. The van der Waals surface area contributed by atoms with Crippen LogP contribution in [0.5, 0.6) is 0 Å². The summed E-state index contributed by atoms with van der Waals surface area (Å²) in [4.78, 5) is 16.8. The third-order valence-corrected chi connectivity index (χ3v) is 4.48. The van der Waals surface area contributed by atoms with Crippen LogP contribution < -0.4 is 5.32 Å². The lowest BCUT2D eigenvalue weighted by atomic mass is 10.1. The predicted octanol–water partition coefficient (Wildman–Crippen LogP) is 2.90. The Morgan fingerprint density at radius 1 is 1.21 bits per heavy atom. The van der Waals surface area contributed by atoms with Crippen molar-refractivity contribution in [2.24, 2.45) is 7.05 Å². The lowest BCUT2D eigenvalue weighted by Crippen LogP contribution is -2.27. The van der Waals surface area contributed by atoms with Crippen LogP contribution in [0.25, 0.3) is 11.1 Å². The minimum Gasteiger partial charge on any atom is -0.345 e. The normalized spacial score (nSPS) is 16.0. The summed E-state index contributed by atoms with van der Waals surface area (Å²) in [5.74, 6) is -0.0880. The van der Waals surface area contributed by atoms with E-state index in [1.165, 1.54) is 11.1 Å². The summed E-state index contributed by atoms with van der Waals surface area (Å²) in [5.41, 5.74) is 4.96. The van der Waals surface area contributed by atoms with E-state index < -0.39 is 0 Å². The zero-order valence-electron chi connectivity index (χ0n) is 13.4. The van der Waals surface area contributed by atoms with Gasteiger partial charge in [0, 0.05) is 36.8 Å². The molecule has 0 saturated heterocycles. The van der Waals surface area contributed by atoms with E-state index >= 15 is 0 Å². The second-order valence-electron chi connectivity index (χ2n) is 6.13. The topological polar surface area (TPSA) is 59.8 Å². The van der Waals surface area contributed by atoms with Gasteiger partial charge in [0.05, 0.1) is 17.8 Å². The standard InChI is InChI=1S/C19H18N4O/c1-23-12-16(11-21-23)14-8-15(10-20-9-14)19(24)22-18-7-6-13-4-2-3-5-17(13)18/h2-5,8-12,18H,6-7H2,1H3,(H,22,24)/t18-/m0/s1. The summed E-state index contributed by atoms with van der Waals surface area (Å²) in [6, 6.07) is 10.2. The molecule has 5 nitrogen and oxygen atoms in total. The average Bonchev–Trinajstić information content (AvgIpc) is 3.22. The Balaban J connectivity index is 1.55. The van der Waals surface area contributed by atoms with Crippen molar-refractivity contribution in [1.29, 1.82) is 0 Å². The van der Waals surface area contributed by atoms with Gasteiger partial charge in [-0.2, -0.15) is 5.10 Å². The van der Waals surface area contributed by atoms with E-state index in [4.69, 9.17) is 0 Å². The van der Waals surface area contributed by atoms with E-state index in [2.05, 4.69) is 27.5 Å². The molecule has 2 heterocycles. The first-order chi connectivity index (χ1) is 11.7. The predicted molar refractivity (Wildman–Crippen MR) is 91.4 cm³/mol. The number of hydrogen-bond donors (Lipinski definition) is 1. The number of amides is 1. The van der Waals surface area contributed by atoms with Crippen molar-refractivity contribution in [3.63, 3.8) is 0 Å². The number of hydrogen-bond acceptors (Lipinski definition) is 3. The second-order valence-corrected chi connectivity index (χ2v) is 6.13. The van der Waals surface area contributed by atoms with Gasteiger partial charge in [-0.1, -0.05) is 24.3 Å². The molecule has 1 N–H and O–H groups in total. The van der Waals surface area contributed by atoms with Crippen LogP contribution in [0.1, 0.15) is 33.9 Å². The van der Waals surface area contributed by atoms with Crippen molar-refractivity contribution in [2.75, 3.05) is 0 Å². The zero-order chi connectivity index (χ0) is 16.5. The van der Waals surface area contributed by atoms with Gasteiger partial charge in [-0.25, -0.2) is 0 Å². The number of fused-ring (bicyclic) bond motifs is 1. The molecule has 120 valence electrons. The molecule has 0 unspecified atom stereocenters. The second kappa shape index (κ2) is 5.92. The molecule has 1 aliphatic carbocycles. The molecule has 0 fully saturated rings. The van der Waals surface area contributed by atoms with E-state index in [9.17, 15) is 4.79 Å². The van der Waals surface area contributed by atoms with E-state index in [1.807, 2.05) is 31.4 Å². The van der Waals surface area contributed by atoms with Crippen LogP contribution in [0.2, 0.25) is 0 Å². The molecule has 2 aromatic heterocycles. The van der Waals surface area contributed by atoms with Crippen molar-refractivity contribution in [3.8, 4) is 11.1 Å². The summed E-state index contributed by atoms with van der Waals surface area (Å²) in [7, 11) is 1.87. The molecular formula is C19H18N4O. The molecule has 1 atom stereocenters. The SMILES string of the molecule is Cn1cc(-c2cncc(C(=O)N[C@H]3CCc4ccccc43)c2)cn1. The van der Waals surface area contributed by atoms with Crippen LogP contribution >= 0.6 is 0 Å². The van der Waals surface area contributed by atoms with Crippen molar-refractivity contribution >= 4 is 5.91 Å². The fourth-order valence-electron chi connectivity index (χ4n) is 3.24. The molecule has 0 bridgehead atoms. The van der Waals surface area contributed by atoms with Gasteiger partial charge in [-0.05, 0) is 30.0 Å². The molecule has 1 amide bonds. The molecule has 5 heteroatoms. The highest BCUT2D eigenvalue weighted by molar-refractivity contribution is 5.95. The monoisotopic (exact) mass is 318 g/mol. The molecular weight excluding hydrogens is 300 g/mol. The van der Waals surface area contributed by atoms with Gasteiger partial charge in [-0.3, -0.25) is 14.5 Å². The fraction of sp³-hybridized carbons (Fsp3) is 0.211. The largest absolute Gasteiger partial charge is 0.345 e. The Bertz CT molecular complexity index is 900. The number of aryl methyl sites for hydroxylation is 2. The van der Waals surface area contributed by atoms with Gasteiger partial charge in [0.1, 0.15) is 0 Å². The number of aromatic nitrogens is 3. The highest BCUT2D eigenvalue weighted by Gasteiger charge is 2.24. The highest BCUT2D eigenvalue weighted by Crippen LogP contribution is 2.31. The summed E-state index contributed by atoms with van der Waals surface area (Å²) >= 11 is 0. The molecule has 1 aromatic carbocycles. The minimum atomic E-state index is -0.0880. The Morgan fingerprint density at radius 3 is 2.92 bits per heavy atom. The number of nitrogens with one attached hydrogen (secondary N) is 1. The van der Waals surface area contributed by atoms with Crippen LogP contribution in [0.3, 0.4) is 0 Å². The third kappa shape index (κ3) is 2.69. The first kappa shape index (κ1) is 14.6. The number of benzene rings is 1. The van der Waals surface area contributed by atoms with Crippen molar-refractivity contribution in [2.45, 2.75) is 18.9 Å². The lowest BCUT2D eigenvalue weighted by molar-refractivity contribution is 0.0936. The zero-order valence-corrected chi connectivity index (χ0v) is 13.4. The molecule has 3 aromatic rings. The third-order valence-electron chi connectivity index (χ3n) is 4.48. The molecule has 0 aliphatic heterocycles. The quantitative estimate of drug-likeness (QED) is 0.808. The van der Waals surface area contributed by atoms with E-state index in [0.29, 0.717) is 5.56 Å². The highest BCUT2D eigenvalue weighted by atomic mass is 16.1. The number of carbonyl (C=O) groups excluding carboxylic acids is 1. The minimum absolute atomic E-state index is 0.0794. The van der Waals surface area contributed by atoms with Crippen LogP contribution in [0.15, 0.2) is 55.1 Å². The average molecular weight is 318 g/mol. The molecule has 24 heavy (non-hydrogen) atoms.